The van der Waals surface area contributed by atoms with Crippen molar-refractivity contribution in [1.82, 2.24) is 0 Å². The van der Waals surface area contributed by atoms with E-state index in [4.69, 9.17) is 0 Å². The molecule has 1 aromatic carbocycles. The number of allylic oxidation sites excluding steroid dienone is 2. The quantitative estimate of drug-likeness (QED) is 0.585. The van der Waals surface area contributed by atoms with Gasteiger partial charge in [0.25, 0.3) is 0 Å². The zero-order valence-electron chi connectivity index (χ0n) is 7.10. The van der Waals surface area contributed by atoms with E-state index in [-0.39, 0.29) is 5.82 Å². The van der Waals surface area contributed by atoms with E-state index in [0.717, 1.165) is 11.1 Å². The molecule has 1 rings (SSSR count). The van der Waals surface area contributed by atoms with Crippen LogP contribution in [0.4, 0.5) is 4.39 Å². The monoisotopic (exact) mass is 162 g/mol. The summed E-state index contributed by atoms with van der Waals surface area (Å²) < 4.78 is 13.0. The molecular formula is C11H11F. The highest BCUT2D eigenvalue weighted by atomic mass is 19.1. The predicted octanol–water partition coefficient (Wildman–Crippen LogP) is 3.33. The van der Waals surface area contributed by atoms with Gasteiger partial charge in [-0.3, -0.25) is 0 Å². The van der Waals surface area contributed by atoms with Crippen LogP contribution in [0.25, 0.3) is 5.57 Å². The molecule has 0 N–H and O–H groups in total. The molecule has 0 aliphatic carbocycles. The highest BCUT2D eigenvalue weighted by Crippen LogP contribution is 2.16. The summed E-state index contributed by atoms with van der Waals surface area (Å²) in [7, 11) is 0. The molecule has 0 saturated carbocycles. The van der Waals surface area contributed by atoms with Gasteiger partial charge in [-0.05, 0) is 29.7 Å². The Hall–Kier alpha value is -1.37. The molecule has 0 spiro atoms. The van der Waals surface area contributed by atoms with Crippen LogP contribution < -0.4 is 0 Å². The van der Waals surface area contributed by atoms with Crippen molar-refractivity contribution in [3.8, 4) is 0 Å². The minimum atomic E-state index is -0.199. The summed E-state index contributed by atoms with van der Waals surface area (Å²) in [5.41, 5.74) is 2.18. The lowest BCUT2D eigenvalue weighted by Gasteiger charge is -2.01. The third kappa shape index (κ3) is 1.62. The largest absolute Gasteiger partial charge is 0.207 e. The van der Waals surface area contributed by atoms with Crippen LogP contribution in [0.1, 0.15) is 11.1 Å². The van der Waals surface area contributed by atoms with Crippen molar-refractivity contribution in [3.63, 3.8) is 0 Å². The fourth-order valence-corrected chi connectivity index (χ4v) is 0.910. The molecule has 0 amide bonds. The van der Waals surface area contributed by atoms with Gasteiger partial charge in [0.2, 0.25) is 0 Å². The number of rotatable bonds is 2. The normalized spacial score (nSPS) is 9.50. The predicted molar refractivity (Wildman–Crippen MR) is 50.4 cm³/mol. The lowest BCUT2D eigenvalue weighted by molar-refractivity contribution is 0.618. The number of aryl methyl sites for hydroxylation is 1. The molecule has 0 aliphatic heterocycles. The standard InChI is InChI=1S/C11H11F/c1-4-8(2)10-6-5-9(3)11(12)7-10/h4-7H,1-2H2,3H3. The Bertz CT molecular complexity index is 324. The summed E-state index contributed by atoms with van der Waals surface area (Å²) >= 11 is 0. The fraction of sp³-hybridized carbons (Fsp3) is 0.0909. The molecule has 0 unspecified atom stereocenters. The van der Waals surface area contributed by atoms with E-state index in [2.05, 4.69) is 13.2 Å². The average Bonchev–Trinajstić information content (AvgIpc) is 2.08. The van der Waals surface area contributed by atoms with Crippen molar-refractivity contribution in [2.24, 2.45) is 0 Å². The minimum Gasteiger partial charge on any atom is -0.207 e. The second-order valence-corrected chi connectivity index (χ2v) is 2.69. The second-order valence-electron chi connectivity index (χ2n) is 2.69. The van der Waals surface area contributed by atoms with Crippen molar-refractivity contribution < 1.29 is 4.39 Å². The Morgan fingerprint density at radius 2 is 2.17 bits per heavy atom. The van der Waals surface area contributed by atoms with Crippen LogP contribution in [0.5, 0.6) is 0 Å². The van der Waals surface area contributed by atoms with Gasteiger partial charge in [0.1, 0.15) is 5.82 Å². The average molecular weight is 162 g/mol. The van der Waals surface area contributed by atoms with Gasteiger partial charge in [0.15, 0.2) is 0 Å². The first kappa shape index (κ1) is 8.72. The van der Waals surface area contributed by atoms with E-state index in [1.54, 1.807) is 19.1 Å². The molecule has 0 aliphatic rings. The summed E-state index contributed by atoms with van der Waals surface area (Å²) in [6, 6.07) is 5.04. The van der Waals surface area contributed by atoms with Gasteiger partial charge in [-0.25, -0.2) is 4.39 Å². The van der Waals surface area contributed by atoms with Crippen LogP contribution in [0.15, 0.2) is 37.4 Å². The summed E-state index contributed by atoms with van der Waals surface area (Å²) in [6.45, 7) is 9.03. The Morgan fingerprint density at radius 1 is 1.50 bits per heavy atom. The van der Waals surface area contributed by atoms with Crippen LogP contribution in [-0.2, 0) is 0 Å². The zero-order chi connectivity index (χ0) is 9.14. The van der Waals surface area contributed by atoms with Crippen LogP contribution >= 0.6 is 0 Å². The van der Waals surface area contributed by atoms with E-state index in [9.17, 15) is 4.39 Å². The number of hydrogen-bond donors (Lipinski definition) is 0. The van der Waals surface area contributed by atoms with E-state index < -0.39 is 0 Å². The third-order valence-corrected chi connectivity index (χ3v) is 1.79. The SMILES string of the molecule is C=CC(=C)c1ccc(C)c(F)c1. The van der Waals surface area contributed by atoms with Crippen LogP contribution in [-0.4, -0.2) is 0 Å². The van der Waals surface area contributed by atoms with Gasteiger partial charge >= 0.3 is 0 Å². The van der Waals surface area contributed by atoms with Crippen LogP contribution in [0.2, 0.25) is 0 Å². The molecule has 0 aromatic heterocycles. The number of benzene rings is 1. The molecule has 62 valence electrons. The van der Waals surface area contributed by atoms with Crippen molar-refractivity contribution >= 4 is 5.57 Å². The van der Waals surface area contributed by atoms with Gasteiger partial charge in [-0.15, -0.1) is 0 Å². The Labute approximate surface area is 72.0 Å². The van der Waals surface area contributed by atoms with Crippen LogP contribution in [0, 0.1) is 12.7 Å². The molecule has 0 fully saturated rings. The van der Waals surface area contributed by atoms with Crippen molar-refractivity contribution in [2.75, 3.05) is 0 Å². The smallest absolute Gasteiger partial charge is 0.126 e. The maximum Gasteiger partial charge on any atom is 0.126 e. The number of hydrogen-bond acceptors (Lipinski definition) is 0. The highest BCUT2D eigenvalue weighted by molar-refractivity contribution is 5.71. The summed E-state index contributed by atoms with van der Waals surface area (Å²) in [4.78, 5) is 0. The van der Waals surface area contributed by atoms with Gasteiger partial charge in [0.05, 0.1) is 0 Å². The van der Waals surface area contributed by atoms with Gasteiger partial charge in [0, 0.05) is 0 Å². The van der Waals surface area contributed by atoms with Gasteiger partial charge in [-0.1, -0.05) is 31.4 Å². The zero-order valence-corrected chi connectivity index (χ0v) is 7.10. The molecule has 1 aromatic rings. The van der Waals surface area contributed by atoms with E-state index in [1.807, 2.05) is 6.07 Å². The Balaban J connectivity index is 3.13. The molecule has 0 nitrogen and oxygen atoms in total. The molecule has 1 heteroatoms. The molecule has 0 radical (unpaired) electrons. The van der Waals surface area contributed by atoms with E-state index in [1.165, 1.54) is 6.07 Å². The van der Waals surface area contributed by atoms with Crippen molar-refractivity contribution in [2.45, 2.75) is 6.92 Å². The Kier molecular flexibility index (Phi) is 2.44. The summed E-state index contributed by atoms with van der Waals surface area (Å²) in [5, 5.41) is 0. The summed E-state index contributed by atoms with van der Waals surface area (Å²) in [6.07, 6.45) is 1.62. The van der Waals surface area contributed by atoms with Crippen molar-refractivity contribution in [3.05, 3.63) is 54.4 Å². The maximum absolute atomic E-state index is 13.0. The Morgan fingerprint density at radius 3 is 2.67 bits per heavy atom. The molecule has 0 heterocycles. The summed E-state index contributed by atoms with van der Waals surface area (Å²) in [5.74, 6) is -0.199. The van der Waals surface area contributed by atoms with E-state index in [0.29, 0.717) is 5.56 Å². The highest BCUT2D eigenvalue weighted by Gasteiger charge is 1.99. The first-order valence-electron chi connectivity index (χ1n) is 3.73. The van der Waals surface area contributed by atoms with E-state index >= 15 is 0 Å². The lowest BCUT2D eigenvalue weighted by Crippen LogP contribution is -1.85. The van der Waals surface area contributed by atoms with Gasteiger partial charge in [-0.2, -0.15) is 0 Å². The third-order valence-electron chi connectivity index (χ3n) is 1.79. The van der Waals surface area contributed by atoms with Gasteiger partial charge < -0.3 is 0 Å². The molecular weight excluding hydrogens is 151 g/mol. The molecule has 0 saturated heterocycles. The second kappa shape index (κ2) is 3.35. The molecule has 0 bridgehead atoms. The van der Waals surface area contributed by atoms with Crippen LogP contribution in [0.3, 0.4) is 0 Å². The first-order chi connectivity index (χ1) is 5.65. The number of halogens is 1. The topological polar surface area (TPSA) is 0 Å². The maximum atomic E-state index is 13.0. The first-order valence-corrected chi connectivity index (χ1v) is 3.73. The fourth-order valence-electron chi connectivity index (χ4n) is 0.910. The molecule has 12 heavy (non-hydrogen) atoms. The lowest BCUT2D eigenvalue weighted by atomic mass is 10.1. The molecule has 0 atom stereocenters. The minimum absolute atomic E-state index is 0.199. The van der Waals surface area contributed by atoms with Crippen molar-refractivity contribution in [1.29, 1.82) is 0 Å².